The summed E-state index contributed by atoms with van der Waals surface area (Å²) in [7, 11) is -2.69. The highest BCUT2D eigenvalue weighted by Crippen LogP contribution is 2.34. The zero-order valence-electron chi connectivity index (χ0n) is 21.6. The molecule has 2 aromatic carbocycles. The molecule has 1 N–H and O–H groups in total. The maximum atomic E-state index is 13.5. The average molecular weight is 564 g/mol. The van der Waals surface area contributed by atoms with Crippen LogP contribution in [0.5, 0.6) is 5.88 Å². The summed E-state index contributed by atoms with van der Waals surface area (Å²) < 4.78 is 48.5. The molecule has 1 amide bonds. The summed E-state index contributed by atoms with van der Waals surface area (Å²) in [6.45, 7) is 1.11. The molecule has 2 aliphatic rings. The second-order valence-electron chi connectivity index (χ2n) is 10.0. The van der Waals surface area contributed by atoms with Crippen molar-refractivity contribution in [3.63, 3.8) is 0 Å². The van der Waals surface area contributed by atoms with Crippen molar-refractivity contribution in [1.29, 1.82) is 0 Å². The number of ether oxygens (including phenoxy) is 1. The molecule has 0 unspecified atom stereocenters. The van der Waals surface area contributed by atoms with E-state index in [0.29, 0.717) is 41.5 Å². The molecule has 2 aromatic heterocycles. The fourth-order valence-corrected chi connectivity index (χ4v) is 6.04. The van der Waals surface area contributed by atoms with Gasteiger partial charge in [0.15, 0.2) is 0 Å². The Morgan fingerprint density at radius 2 is 1.82 bits per heavy atom. The van der Waals surface area contributed by atoms with E-state index in [1.165, 1.54) is 19.6 Å². The van der Waals surface area contributed by atoms with Gasteiger partial charge in [-0.2, -0.15) is 0 Å². The van der Waals surface area contributed by atoms with Crippen LogP contribution in [-0.2, 0) is 14.8 Å². The van der Waals surface area contributed by atoms with Gasteiger partial charge in [-0.3, -0.25) is 18.9 Å². The number of methoxy groups -OCH3 is 1. The third-order valence-corrected chi connectivity index (χ3v) is 8.71. The van der Waals surface area contributed by atoms with Gasteiger partial charge in [0.05, 0.1) is 35.3 Å². The number of fused-ring (bicyclic) bond motifs is 1. The number of rotatable bonds is 7. The van der Waals surface area contributed by atoms with Gasteiger partial charge in [-0.15, -0.1) is 0 Å². The number of pyridine rings is 1. The minimum absolute atomic E-state index is 0.0470. The summed E-state index contributed by atoms with van der Waals surface area (Å²) in [6.07, 6.45) is 5.62. The third kappa shape index (κ3) is 4.90. The average Bonchev–Trinajstić information content (AvgIpc) is 3.69. The van der Waals surface area contributed by atoms with Crippen LogP contribution in [0.2, 0.25) is 0 Å². The molecule has 1 atom stereocenters. The molecule has 3 heterocycles. The van der Waals surface area contributed by atoms with E-state index in [-0.39, 0.29) is 39.9 Å². The normalized spacial score (nSPS) is 17.2. The molecule has 1 saturated heterocycles. The van der Waals surface area contributed by atoms with Crippen LogP contribution in [0.25, 0.3) is 22.0 Å². The number of carbonyl (C=O) groups is 1. The fraction of sp³-hybridized carbons (Fsp3) is 0.286. The van der Waals surface area contributed by atoms with Crippen molar-refractivity contribution in [3.8, 4) is 17.0 Å². The van der Waals surface area contributed by atoms with E-state index in [1.54, 1.807) is 28.8 Å². The molecule has 206 valence electrons. The number of benzene rings is 2. The van der Waals surface area contributed by atoms with Crippen molar-refractivity contribution in [2.75, 3.05) is 24.9 Å². The first kappa shape index (κ1) is 25.9. The van der Waals surface area contributed by atoms with Crippen LogP contribution in [0.3, 0.4) is 0 Å². The van der Waals surface area contributed by atoms with E-state index in [4.69, 9.17) is 4.74 Å². The third-order valence-electron chi connectivity index (χ3n) is 7.32. The first-order chi connectivity index (χ1) is 19.2. The van der Waals surface area contributed by atoms with Gasteiger partial charge in [0.25, 0.3) is 15.6 Å². The molecular weight excluding hydrogens is 537 g/mol. The van der Waals surface area contributed by atoms with Crippen LogP contribution in [0, 0.1) is 11.7 Å². The quantitative estimate of drug-likeness (QED) is 0.365. The van der Waals surface area contributed by atoms with Gasteiger partial charge in [0.1, 0.15) is 11.5 Å². The molecule has 0 spiro atoms. The lowest BCUT2D eigenvalue weighted by Gasteiger charge is -2.17. The molecule has 12 heteroatoms. The zero-order valence-corrected chi connectivity index (χ0v) is 22.4. The Bertz CT molecular complexity index is 1790. The predicted molar refractivity (Wildman–Crippen MR) is 146 cm³/mol. The molecular formula is C28H26FN5O5S. The zero-order chi connectivity index (χ0) is 28.0. The highest BCUT2D eigenvalue weighted by Gasteiger charge is 2.37. The Balaban J connectivity index is 1.32. The number of hydrogen-bond acceptors (Lipinski definition) is 7. The largest absolute Gasteiger partial charge is 0.480 e. The molecule has 1 aliphatic heterocycles. The number of sulfonamides is 1. The van der Waals surface area contributed by atoms with Crippen molar-refractivity contribution in [3.05, 3.63) is 77.2 Å². The number of aromatic nitrogens is 3. The molecule has 0 bridgehead atoms. The summed E-state index contributed by atoms with van der Waals surface area (Å²) in [5.74, 6) is -0.201. The minimum atomic E-state index is -4.06. The van der Waals surface area contributed by atoms with Gasteiger partial charge in [0.2, 0.25) is 11.8 Å². The second-order valence-corrected chi connectivity index (χ2v) is 11.7. The van der Waals surface area contributed by atoms with E-state index in [0.717, 1.165) is 37.1 Å². The first-order valence-electron chi connectivity index (χ1n) is 12.9. The fourth-order valence-electron chi connectivity index (χ4n) is 5.00. The number of likely N-dealkylation sites (tertiary alicyclic amines) is 1. The van der Waals surface area contributed by atoms with Gasteiger partial charge < -0.3 is 9.64 Å². The number of nitrogens with zero attached hydrogens (tertiary/aromatic N) is 4. The Labute approximate surface area is 229 Å². The van der Waals surface area contributed by atoms with Crippen LogP contribution in [0.1, 0.15) is 25.3 Å². The topological polar surface area (TPSA) is 123 Å². The lowest BCUT2D eigenvalue weighted by Crippen LogP contribution is -2.32. The summed E-state index contributed by atoms with van der Waals surface area (Å²) in [6, 6.07) is 11.0. The van der Waals surface area contributed by atoms with Gasteiger partial charge in [-0.05, 0) is 67.3 Å². The second kappa shape index (κ2) is 10.0. The molecule has 6 rings (SSSR count). The van der Waals surface area contributed by atoms with E-state index in [9.17, 15) is 22.4 Å². The highest BCUT2D eigenvalue weighted by atomic mass is 32.2. The monoisotopic (exact) mass is 563 g/mol. The smallest absolute Gasteiger partial charge is 0.262 e. The molecule has 0 radical (unpaired) electrons. The number of hydrogen-bond donors (Lipinski definition) is 1. The van der Waals surface area contributed by atoms with Gasteiger partial charge in [0, 0.05) is 30.8 Å². The van der Waals surface area contributed by atoms with E-state index < -0.39 is 15.8 Å². The first-order valence-corrected chi connectivity index (χ1v) is 14.3. The van der Waals surface area contributed by atoms with Crippen molar-refractivity contribution in [1.82, 2.24) is 19.4 Å². The summed E-state index contributed by atoms with van der Waals surface area (Å²) in [5, 5.41) is 0.399. The minimum Gasteiger partial charge on any atom is -0.480 e. The van der Waals surface area contributed by atoms with Crippen LogP contribution in [0.15, 0.2) is 70.7 Å². The van der Waals surface area contributed by atoms with Crippen LogP contribution in [-0.4, -0.2) is 54.0 Å². The highest BCUT2D eigenvalue weighted by molar-refractivity contribution is 7.92. The summed E-state index contributed by atoms with van der Waals surface area (Å²) in [4.78, 5) is 36.5. The molecule has 4 aromatic rings. The Kier molecular flexibility index (Phi) is 6.49. The van der Waals surface area contributed by atoms with Crippen molar-refractivity contribution in [2.24, 2.45) is 5.92 Å². The molecule has 2 fully saturated rings. The van der Waals surface area contributed by atoms with Crippen LogP contribution < -0.4 is 15.0 Å². The van der Waals surface area contributed by atoms with Crippen LogP contribution in [0.4, 0.5) is 10.1 Å². The number of nitrogens with one attached hydrogen (secondary N) is 1. The van der Waals surface area contributed by atoms with Gasteiger partial charge in [-0.1, -0.05) is 6.07 Å². The molecule has 1 aliphatic carbocycles. The maximum absolute atomic E-state index is 13.5. The molecule has 10 nitrogen and oxygen atoms in total. The standard InChI is InChI=1S/C28H26FN5O5S/c1-39-26-25(32-40(37,38)22-7-5-20(29)6-8-22)13-19(14-30-26)18-4-9-24-23(12-18)28(36)34(16-31-24)21-10-11-33(15-21)27(35)17-2-3-17/h4-9,12-14,16-17,21,32H,2-3,10-11,15H2,1H3/t21-/m0/s1. The SMILES string of the molecule is COc1ncc(-c2ccc3ncn([C@H]4CCN(C(=O)C5CC5)C4)c(=O)c3c2)cc1NS(=O)(=O)c1ccc(F)cc1. The lowest BCUT2D eigenvalue weighted by atomic mass is 10.0. The van der Waals surface area contributed by atoms with E-state index in [1.807, 2.05) is 4.90 Å². The van der Waals surface area contributed by atoms with Crippen molar-refractivity contribution >= 4 is 32.5 Å². The van der Waals surface area contributed by atoms with Gasteiger partial charge in [-0.25, -0.2) is 22.8 Å². The molecule has 1 saturated carbocycles. The molecule has 40 heavy (non-hydrogen) atoms. The van der Waals surface area contributed by atoms with Gasteiger partial charge >= 0.3 is 0 Å². The summed E-state index contributed by atoms with van der Waals surface area (Å²) in [5.41, 5.74) is 1.55. The summed E-state index contributed by atoms with van der Waals surface area (Å²) >= 11 is 0. The predicted octanol–water partition coefficient (Wildman–Crippen LogP) is 3.59. The number of carbonyl (C=O) groups excluding carboxylic acids is 1. The van der Waals surface area contributed by atoms with Crippen LogP contribution >= 0.6 is 0 Å². The van der Waals surface area contributed by atoms with Crippen molar-refractivity contribution < 1.29 is 22.3 Å². The number of halogens is 1. The van der Waals surface area contributed by atoms with Crippen molar-refractivity contribution in [2.45, 2.75) is 30.2 Å². The Morgan fingerprint density at radius 1 is 1.05 bits per heavy atom. The lowest BCUT2D eigenvalue weighted by molar-refractivity contribution is -0.131. The maximum Gasteiger partial charge on any atom is 0.262 e. The number of amides is 1. The Morgan fingerprint density at radius 3 is 2.55 bits per heavy atom. The van der Waals surface area contributed by atoms with E-state index >= 15 is 0 Å². The number of anilines is 1. The van der Waals surface area contributed by atoms with E-state index in [2.05, 4.69) is 14.7 Å². The Hall–Kier alpha value is -4.32.